The van der Waals surface area contributed by atoms with Crippen LogP contribution in [0.15, 0.2) is 42.5 Å². The minimum absolute atomic E-state index is 0.250. The van der Waals surface area contributed by atoms with Gasteiger partial charge in [-0.05, 0) is 54.8 Å². The molecule has 3 aromatic rings. The van der Waals surface area contributed by atoms with Crippen molar-refractivity contribution in [3.63, 3.8) is 0 Å². The van der Waals surface area contributed by atoms with Crippen LogP contribution in [-0.4, -0.2) is 30.4 Å². The van der Waals surface area contributed by atoms with Gasteiger partial charge >= 0.3 is 0 Å². The van der Waals surface area contributed by atoms with Crippen LogP contribution in [0.2, 0.25) is 5.02 Å². The normalized spacial score (nSPS) is 11.0. The molecule has 2 aromatic carbocycles. The van der Waals surface area contributed by atoms with E-state index in [0.29, 0.717) is 0 Å². The largest absolute Gasteiger partial charge is 0.493 e. The van der Waals surface area contributed by atoms with Crippen molar-refractivity contribution in [1.82, 2.24) is 4.57 Å². The summed E-state index contributed by atoms with van der Waals surface area (Å²) in [4.78, 5) is 8.36. The first-order valence-corrected chi connectivity index (χ1v) is 10.2. The number of fused-ring (bicyclic) bond motifs is 3. The molecule has 2 heterocycles. The maximum absolute atomic E-state index is 8.36. The molecule has 0 bridgehead atoms. The number of rotatable bonds is 3. The number of halogens is 1. The van der Waals surface area contributed by atoms with E-state index in [4.69, 9.17) is 31.0 Å². The van der Waals surface area contributed by atoms with Crippen molar-refractivity contribution in [2.45, 2.75) is 33.7 Å². The van der Waals surface area contributed by atoms with Crippen LogP contribution >= 0.6 is 11.6 Å². The molecular formula is C24H28ClNO4. The zero-order valence-corrected chi connectivity index (χ0v) is 18.8. The van der Waals surface area contributed by atoms with E-state index in [1.807, 2.05) is 32.0 Å². The Bertz CT molecular complexity index is 1010. The fraction of sp³-hybridized carbons (Fsp3) is 0.292. The van der Waals surface area contributed by atoms with Gasteiger partial charge in [0.2, 0.25) is 0 Å². The number of ether oxygens (including phenoxy) is 2. The molecule has 0 radical (unpaired) electrons. The Balaban J connectivity index is 0.000000590. The van der Waals surface area contributed by atoms with Gasteiger partial charge in [-0.2, -0.15) is 0 Å². The average molecular weight is 430 g/mol. The van der Waals surface area contributed by atoms with Gasteiger partial charge < -0.3 is 19.1 Å². The van der Waals surface area contributed by atoms with Crippen LogP contribution in [0.4, 0.5) is 0 Å². The Morgan fingerprint density at radius 2 is 1.67 bits per heavy atom. The van der Waals surface area contributed by atoms with Crippen molar-refractivity contribution < 1.29 is 19.4 Å². The number of carbonyl (C=O) groups is 1. The number of hydrogen-bond donors (Lipinski definition) is 1. The van der Waals surface area contributed by atoms with E-state index < -0.39 is 0 Å². The van der Waals surface area contributed by atoms with Crippen LogP contribution in [0, 0.1) is 6.92 Å². The summed E-state index contributed by atoms with van der Waals surface area (Å²) in [5.74, 6) is 1.55. The lowest BCUT2D eigenvalue weighted by Crippen LogP contribution is -2.12. The third-order valence-electron chi connectivity index (χ3n) is 4.99. The molecule has 4 rings (SSSR count). The molecule has 0 atom stereocenters. The third kappa shape index (κ3) is 4.62. The van der Waals surface area contributed by atoms with E-state index in [1.165, 1.54) is 28.1 Å². The minimum atomic E-state index is -0.250. The van der Waals surface area contributed by atoms with Crippen molar-refractivity contribution in [1.29, 1.82) is 0 Å². The summed E-state index contributed by atoms with van der Waals surface area (Å²) in [5.41, 5.74) is 7.35. The first kappa shape index (κ1) is 23.4. The van der Waals surface area contributed by atoms with E-state index in [2.05, 4.69) is 35.8 Å². The Hall–Kier alpha value is -2.92. The summed E-state index contributed by atoms with van der Waals surface area (Å²) in [6, 6.07) is 14.5. The number of carboxylic acid groups (broad SMARTS) is 1. The Morgan fingerprint density at radius 1 is 1.03 bits per heavy atom. The van der Waals surface area contributed by atoms with Crippen molar-refractivity contribution in [2.75, 3.05) is 14.2 Å². The molecule has 5 nitrogen and oxygen atoms in total. The highest BCUT2D eigenvalue weighted by Gasteiger charge is 2.23. The van der Waals surface area contributed by atoms with Crippen molar-refractivity contribution in [3.8, 4) is 33.9 Å². The van der Waals surface area contributed by atoms with Gasteiger partial charge in [-0.25, -0.2) is 0 Å². The second-order valence-electron chi connectivity index (χ2n) is 6.41. The van der Waals surface area contributed by atoms with Gasteiger partial charge in [-0.3, -0.25) is 4.79 Å². The van der Waals surface area contributed by atoms with Crippen LogP contribution in [0.25, 0.3) is 22.4 Å². The van der Waals surface area contributed by atoms with Gasteiger partial charge in [0.25, 0.3) is 6.47 Å². The number of methoxy groups -OCH3 is 2. The molecule has 6 heteroatoms. The smallest absolute Gasteiger partial charge is 0.290 e. The highest BCUT2D eigenvalue weighted by atomic mass is 35.5. The Labute approximate surface area is 182 Å². The van der Waals surface area contributed by atoms with Crippen LogP contribution < -0.4 is 9.47 Å². The Kier molecular flexibility index (Phi) is 8.36. The first-order chi connectivity index (χ1) is 14.5. The summed E-state index contributed by atoms with van der Waals surface area (Å²) in [6.07, 6.45) is 0.979. The lowest BCUT2D eigenvalue weighted by Gasteiger charge is -2.22. The molecular weight excluding hydrogens is 402 g/mol. The van der Waals surface area contributed by atoms with E-state index >= 15 is 0 Å². The summed E-state index contributed by atoms with van der Waals surface area (Å²) in [5, 5.41) is 7.65. The van der Waals surface area contributed by atoms with Crippen LogP contribution in [0.1, 0.15) is 25.1 Å². The number of nitrogens with zero attached hydrogens (tertiary/aromatic N) is 1. The molecule has 1 aromatic heterocycles. The molecule has 30 heavy (non-hydrogen) atoms. The molecule has 0 spiro atoms. The Morgan fingerprint density at radius 3 is 2.27 bits per heavy atom. The van der Waals surface area contributed by atoms with E-state index in [9.17, 15) is 0 Å². The third-order valence-corrected chi connectivity index (χ3v) is 5.23. The average Bonchev–Trinajstić information content (AvgIpc) is 3.11. The minimum Gasteiger partial charge on any atom is -0.493 e. The highest BCUT2D eigenvalue weighted by Crippen LogP contribution is 2.42. The summed E-state index contributed by atoms with van der Waals surface area (Å²) < 4.78 is 13.3. The number of benzene rings is 2. The van der Waals surface area contributed by atoms with Crippen LogP contribution in [-0.2, 0) is 17.8 Å². The zero-order valence-electron chi connectivity index (χ0n) is 18.0. The maximum Gasteiger partial charge on any atom is 0.290 e. The highest BCUT2D eigenvalue weighted by molar-refractivity contribution is 6.30. The predicted molar refractivity (Wildman–Crippen MR) is 122 cm³/mol. The predicted octanol–water partition coefficient (Wildman–Crippen LogP) is 6.08. The van der Waals surface area contributed by atoms with E-state index in [-0.39, 0.29) is 6.47 Å². The molecule has 0 aliphatic carbocycles. The molecule has 0 unspecified atom stereocenters. The summed E-state index contributed by atoms with van der Waals surface area (Å²) >= 11 is 6.19. The van der Waals surface area contributed by atoms with Gasteiger partial charge in [-0.1, -0.05) is 37.6 Å². The number of aryl methyl sites for hydroxylation is 1. The van der Waals surface area contributed by atoms with Crippen molar-refractivity contribution in [3.05, 3.63) is 58.7 Å². The van der Waals surface area contributed by atoms with Gasteiger partial charge in [0, 0.05) is 34.1 Å². The quantitative estimate of drug-likeness (QED) is 0.512. The summed E-state index contributed by atoms with van der Waals surface area (Å²) in [7, 11) is 3.35. The molecule has 0 amide bonds. The first-order valence-electron chi connectivity index (χ1n) is 9.83. The second kappa shape index (κ2) is 10.7. The lowest BCUT2D eigenvalue weighted by atomic mass is 9.97. The topological polar surface area (TPSA) is 60.7 Å². The standard InChI is InChI=1S/C21H20ClNO2.C2H6.CH2O2/c1-13-17(14-5-4-6-16(22)9-14)11-19-18-12-21(25-3)20(24-2)10-15(18)7-8-23(13)19;1-2;2-1-3/h4-6,9-12H,7-8H2,1-3H3;1-2H3;1H,(H,2,3). The summed E-state index contributed by atoms with van der Waals surface area (Å²) in [6.45, 7) is 6.88. The van der Waals surface area contributed by atoms with Crippen LogP contribution in [0.3, 0.4) is 0 Å². The molecule has 0 saturated heterocycles. The monoisotopic (exact) mass is 429 g/mol. The van der Waals surface area contributed by atoms with Gasteiger partial charge in [0.15, 0.2) is 11.5 Å². The van der Waals surface area contributed by atoms with Crippen molar-refractivity contribution >= 4 is 18.1 Å². The molecule has 0 fully saturated rings. The van der Waals surface area contributed by atoms with E-state index in [0.717, 1.165) is 35.1 Å². The fourth-order valence-corrected chi connectivity index (χ4v) is 3.89. The molecule has 1 aliphatic rings. The van der Waals surface area contributed by atoms with Gasteiger partial charge in [0.1, 0.15) is 0 Å². The van der Waals surface area contributed by atoms with Gasteiger partial charge in [-0.15, -0.1) is 0 Å². The number of hydrogen-bond acceptors (Lipinski definition) is 3. The second-order valence-corrected chi connectivity index (χ2v) is 6.85. The van der Waals surface area contributed by atoms with E-state index in [1.54, 1.807) is 14.2 Å². The molecule has 1 N–H and O–H groups in total. The maximum atomic E-state index is 8.36. The molecule has 0 saturated carbocycles. The molecule has 1 aliphatic heterocycles. The van der Waals surface area contributed by atoms with Gasteiger partial charge in [0.05, 0.1) is 14.2 Å². The van der Waals surface area contributed by atoms with Crippen LogP contribution in [0.5, 0.6) is 11.5 Å². The zero-order chi connectivity index (χ0) is 22.3. The van der Waals surface area contributed by atoms with Crippen molar-refractivity contribution in [2.24, 2.45) is 0 Å². The number of aromatic nitrogens is 1. The molecule has 160 valence electrons. The SMILES string of the molecule is CC.COc1cc2c(cc1OC)-c1cc(-c3cccc(Cl)c3)c(C)n1CC2.O=CO. The lowest BCUT2D eigenvalue weighted by molar-refractivity contribution is -0.122. The fourth-order valence-electron chi connectivity index (χ4n) is 3.70.